The fraction of sp³-hybridized carbons (Fsp3) is 0.333. The third-order valence-corrected chi connectivity index (χ3v) is 3.54. The highest BCUT2D eigenvalue weighted by atomic mass is 32.2. The van der Waals surface area contributed by atoms with Crippen LogP contribution in [-0.2, 0) is 14.6 Å². The molecule has 0 bridgehead atoms. The van der Waals surface area contributed by atoms with E-state index in [0.29, 0.717) is 11.4 Å². The molecular formula is C12H14N2O4S. The van der Waals surface area contributed by atoms with Gasteiger partial charge in [-0.15, -0.1) is 0 Å². The number of nitrogens with zero attached hydrogens (tertiary/aromatic N) is 1. The number of hydrogen-bond acceptors (Lipinski definition) is 5. The molecule has 0 unspecified atom stereocenters. The number of sulfone groups is 1. The van der Waals surface area contributed by atoms with Gasteiger partial charge in [0.1, 0.15) is 17.3 Å². The van der Waals surface area contributed by atoms with Crippen LogP contribution in [0.3, 0.4) is 0 Å². The molecule has 19 heavy (non-hydrogen) atoms. The van der Waals surface area contributed by atoms with Crippen LogP contribution >= 0.6 is 0 Å². The van der Waals surface area contributed by atoms with Crippen LogP contribution in [0.4, 0.5) is 5.69 Å². The number of carbonyl (C=O) groups excluding carboxylic acids is 1. The minimum atomic E-state index is -3.69. The summed E-state index contributed by atoms with van der Waals surface area (Å²) in [6.07, 6.45) is 0. The number of hydrogen-bond donors (Lipinski definition) is 1. The van der Waals surface area contributed by atoms with Crippen molar-refractivity contribution < 1.29 is 17.9 Å². The summed E-state index contributed by atoms with van der Waals surface area (Å²) in [6, 6.07) is 6.67. The summed E-state index contributed by atoms with van der Waals surface area (Å²) < 4.78 is 27.7. The van der Waals surface area contributed by atoms with Crippen molar-refractivity contribution in [3.63, 3.8) is 0 Å². The van der Waals surface area contributed by atoms with E-state index in [-0.39, 0.29) is 0 Å². The molecule has 0 fully saturated rings. The fourth-order valence-corrected chi connectivity index (χ4v) is 2.23. The molecule has 0 saturated heterocycles. The Labute approximate surface area is 111 Å². The first-order valence-corrected chi connectivity index (χ1v) is 7.22. The molecule has 1 N–H and O–H groups in total. The molecule has 1 amide bonds. The van der Waals surface area contributed by atoms with Crippen molar-refractivity contribution in [3.8, 4) is 11.8 Å². The van der Waals surface area contributed by atoms with Crippen molar-refractivity contribution in [1.82, 2.24) is 0 Å². The van der Waals surface area contributed by atoms with Gasteiger partial charge in [0.05, 0.1) is 18.9 Å². The van der Waals surface area contributed by atoms with E-state index in [1.54, 1.807) is 18.2 Å². The number of nitrogens with one attached hydrogen (secondary N) is 1. The molecule has 102 valence electrons. The van der Waals surface area contributed by atoms with Gasteiger partial charge in [-0.25, -0.2) is 8.42 Å². The van der Waals surface area contributed by atoms with Crippen LogP contribution in [0.15, 0.2) is 18.2 Å². The lowest BCUT2D eigenvalue weighted by Gasteiger charge is -2.10. The first-order chi connectivity index (χ1) is 8.88. The lowest BCUT2D eigenvalue weighted by atomic mass is 10.2. The first-order valence-electron chi connectivity index (χ1n) is 5.40. The Hall–Kier alpha value is -2.07. The molecule has 0 spiro atoms. The number of aryl methyl sites for hydroxylation is 1. The second-order valence-corrected chi connectivity index (χ2v) is 6.01. The van der Waals surface area contributed by atoms with Crippen LogP contribution in [0.25, 0.3) is 0 Å². The molecule has 0 saturated carbocycles. The maximum absolute atomic E-state index is 11.6. The van der Waals surface area contributed by atoms with Crippen LogP contribution in [0.1, 0.15) is 5.56 Å². The van der Waals surface area contributed by atoms with Crippen molar-refractivity contribution in [2.45, 2.75) is 6.92 Å². The van der Waals surface area contributed by atoms with Gasteiger partial charge in [0, 0.05) is 0 Å². The summed E-state index contributed by atoms with van der Waals surface area (Å²) in [5.41, 5.74) is 1.30. The number of ether oxygens (including phenoxy) is 1. The minimum absolute atomic E-state index is 0.402. The van der Waals surface area contributed by atoms with Gasteiger partial charge in [-0.1, -0.05) is 6.07 Å². The Balaban J connectivity index is 2.83. The molecule has 0 aliphatic heterocycles. The Morgan fingerprint density at radius 2 is 2.16 bits per heavy atom. The molecule has 0 aromatic heterocycles. The quantitative estimate of drug-likeness (QED) is 0.864. The van der Waals surface area contributed by atoms with Crippen molar-refractivity contribution in [1.29, 1.82) is 5.26 Å². The number of anilines is 1. The molecule has 6 nitrogen and oxygen atoms in total. The zero-order valence-electron chi connectivity index (χ0n) is 10.6. The third-order valence-electron chi connectivity index (χ3n) is 2.26. The molecule has 0 radical (unpaired) electrons. The second-order valence-electron chi connectivity index (χ2n) is 3.94. The summed E-state index contributed by atoms with van der Waals surface area (Å²) >= 11 is 0. The smallest absolute Gasteiger partial charge is 0.239 e. The SMILES string of the molecule is COc1ccc(C)cc1NC(=O)CS(=O)(=O)CC#N. The standard InChI is InChI=1S/C12H14N2O4S/c1-9-3-4-11(18-2)10(7-9)14-12(15)8-19(16,17)6-5-13/h3-4,7H,6,8H2,1-2H3,(H,14,15). The minimum Gasteiger partial charge on any atom is -0.495 e. The highest BCUT2D eigenvalue weighted by Crippen LogP contribution is 2.25. The molecular weight excluding hydrogens is 268 g/mol. The summed E-state index contributed by atoms with van der Waals surface area (Å²) in [5, 5.41) is 10.8. The number of rotatable bonds is 5. The highest BCUT2D eigenvalue weighted by molar-refractivity contribution is 7.92. The van der Waals surface area contributed by atoms with E-state index in [4.69, 9.17) is 10.00 Å². The van der Waals surface area contributed by atoms with E-state index < -0.39 is 27.3 Å². The summed E-state index contributed by atoms with van der Waals surface area (Å²) in [6.45, 7) is 1.83. The van der Waals surface area contributed by atoms with E-state index >= 15 is 0 Å². The van der Waals surface area contributed by atoms with Gasteiger partial charge in [-0.2, -0.15) is 5.26 Å². The summed E-state index contributed by atoms with van der Waals surface area (Å²) in [5.74, 6) is -1.65. The Morgan fingerprint density at radius 1 is 1.47 bits per heavy atom. The predicted octanol–water partition coefficient (Wildman–Crippen LogP) is 0.881. The van der Waals surface area contributed by atoms with Crippen LogP contribution in [-0.4, -0.2) is 32.9 Å². The normalized spacial score (nSPS) is 10.6. The van der Waals surface area contributed by atoms with Gasteiger partial charge in [0.15, 0.2) is 9.84 Å². The van der Waals surface area contributed by atoms with E-state index in [0.717, 1.165) is 5.56 Å². The lowest BCUT2D eigenvalue weighted by Crippen LogP contribution is -2.24. The van der Waals surface area contributed by atoms with Crippen LogP contribution in [0.5, 0.6) is 5.75 Å². The van der Waals surface area contributed by atoms with Gasteiger partial charge in [0.25, 0.3) is 0 Å². The maximum Gasteiger partial charge on any atom is 0.239 e. The van der Waals surface area contributed by atoms with Gasteiger partial charge in [-0.3, -0.25) is 4.79 Å². The van der Waals surface area contributed by atoms with Gasteiger partial charge < -0.3 is 10.1 Å². The topological polar surface area (TPSA) is 96.3 Å². The summed E-state index contributed by atoms with van der Waals surface area (Å²) in [7, 11) is -2.24. The monoisotopic (exact) mass is 282 g/mol. The van der Waals surface area contributed by atoms with Crippen molar-refractivity contribution >= 4 is 21.4 Å². The van der Waals surface area contributed by atoms with E-state index in [1.165, 1.54) is 13.2 Å². The Bertz CT molecular complexity index is 617. The zero-order chi connectivity index (χ0) is 14.5. The number of carbonyl (C=O) groups is 1. The molecule has 0 heterocycles. The van der Waals surface area contributed by atoms with Gasteiger partial charge in [-0.05, 0) is 24.6 Å². The van der Waals surface area contributed by atoms with Crippen LogP contribution in [0, 0.1) is 18.3 Å². The fourth-order valence-electron chi connectivity index (χ4n) is 1.45. The average molecular weight is 282 g/mol. The average Bonchev–Trinajstić information content (AvgIpc) is 2.28. The van der Waals surface area contributed by atoms with E-state index in [2.05, 4.69) is 5.32 Å². The number of methoxy groups -OCH3 is 1. The molecule has 7 heteroatoms. The Kier molecular flexibility index (Phi) is 4.89. The van der Waals surface area contributed by atoms with Gasteiger partial charge >= 0.3 is 0 Å². The zero-order valence-corrected chi connectivity index (χ0v) is 11.5. The second kappa shape index (κ2) is 6.20. The van der Waals surface area contributed by atoms with E-state index in [1.807, 2.05) is 6.92 Å². The van der Waals surface area contributed by atoms with Crippen molar-refractivity contribution in [2.24, 2.45) is 0 Å². The number of benzene rings is 1. The third kappa shape index (κ3) is 4.60. The molecule has 1 rings (SSSR count). The Morgan fingerprint density at radius 3 is 2.74 bits per heavy atom. The molecule has 1 aromatic rings. The molecule has 1 aromatic carbocycles. The van der Waals surface area contributed by atoms with Gasteiger partial charge in [0.2, 0.25) is 5.91 Å². The van der Waals surface area contributed by atoms with Crippen molar-refractivity contribution in [2.75, 3.05) is 23.9 Å². The summed E-state index contributed by atoms with van der Waals surface area (Å²) in [4.78, 5) is 11.6. The predicted molar refractivity (Wildman–Crippen MR) is 70.6 cm³/mol. The maximum atomic E-state index is 11.6. The molecule has 0 aliphatic carbocycles. The van der Waals surface area contributed by atoms with E-state index in [9.17, 15) is 13.2 Å². The number of amides is 1. The first kappa shape index (κ1) is 15.0. The van der Waals surface area contributed by atoms with Crippen LogP contribution in [0.2, 0.25) is 0 Å². The molecule has 0 aliphatic rings. The lowest BCUT2D eigenvalue weighted by molar-refractivity contribution is -0.113. The van der Waals surface area contributed by atoms with Crippen molar-refractivity contribution in [3.05, 3.63) is 23.8 Å². The highest BCUT2D eigenvalue weighted by Gasteiger charge is 2.17. The number of nitriles is 1. The largest absolute Gasteiger partial charge is 0.495 e. The molecule has 0 atom stereocenters. The van der Waals surface area contributed by atoms with Crippen LogP contribution < -0.4 is 10.1 Å².